The Hall–Kier alpha value is -0.0400. The Bertz CT molecular complexity index is 259. The molecule has 1 saturated carbocycles. The smallest absolute Gasteiger partial charge is 0.00696 e. The molecule has 0 amide bonds. The molecule has 2 aliphatic rings. The van der Waals surface area contributed by atoms with Gasteiger partial charge in [-0.25, -0.2) is 0 Å². The minimum Gasteiger partial charge on any atom is -0.300 e. The highest BCUT2D eigenvalue weighted by Crippen LogP contribution is 2.34. The topological polar surface area (TPSA) is 3.24 Å². The summed E-state index contributed by atoms with van der Waals surface area (Å²) in [7, 11) is 0. The Morgan fingerprint density at radius 3 is 2.21 bits per heavy atom. The van der Waals surface area contributed by atoms with Gasteiger partial charge in [0.1, 0.15) is 0 Å². The van der Waals surface area contributed by atoms with Crippen molar-refractivity contribution in [2.24, 2.45) is 17.3 Å². The Labute approximate surface area is 121 Å². The van der Waals surface area contributed by atoms with E-state index in [-0.39, 0.29) is 0 Å². The van der Waals surface area contributed by atoms with E-state index in [2.05, 4.69) is 32.6 Å². The van der Waals surface area contributed by atoms with Crippen molar-refractivity contribution in [1.82, 2.24) is 4.90 Å². The van der Waals surface area contributed by atoms with Gasteiger partial charge in [0.15, 0.2) is 0 Å². The zero-order chi connectivity index (χ0) is 13.9. The number of rotatable bonds is 3. The number of likely N-dealkylation sites (tertiary alicyclic amines) is 1. The lowest BCUT2D eigenvalue weighted by atomic mass is 9.78. The fraction of sp³-hybridized carbons (Fsp3) is 1.00. The van der Waals surface area contributed by atoms with Crippen LogP contribution < -0.4 is 0 Å². The number of hydrogen-bond donors (Lipinski definition) is 0. The van der Waals surface area contributed by atoms with Crippen LogP contribution in [-0.2, 0) is 0 Å². The minimum absolute atomic E-state index is 0.510. The molecule has 1 aliphatic carbocycles. The molecule has 0 aromatic carbocycles. The van der Waals surface area contributed by atoms with E-state index in [4.69, 9.17) is 0 Å². The first-order valence-electron chi connectivity index (χ1n) is 8.68. The third-order valence-electron chi connectivity index (χ3n) is 5.24. The van der Waals surface area contributed by atoms with Gasteiger partial charge < -0.3 is 4.90 Å². The van der Waals surface area contributed by atoms with E-state index in [1.54, 1.807) is 0 Å². The fourth-order valence-electron chi connectivity index (χ4n) is 4.34. The van der Waals surface area contributed by atoms with Crippen molar-refractivity contribution in [3.8, 4) is 0 Å². The summed E-state index contributed by atoms with van der Waals surface area (Å²) in [6, 6.07) is 0.822. The van der Waals surface area contributed by atoms with Crippen LogP contribution in [-0.4, -0.2) is 24.0 Å². The van der Waals surface area contributed by atoms with Gasteiger partial charge in [0.05, 0.1) is 0 Å². The first kappa shape index (κ1) is 15.4. The Kier molecular flexibility index (Phi) is 5.34. The predicted molar refractivity (Wildman–Crippen MR) is 84.4 cm³/mol. The molecule has 19 heavy (non-hydrogen) atoms. The van der Waals surface area contributed by atoms with E-state index < -0.39 is 0 Å². The Morgan fingerprint density at radius 1 is 0.947 bits per heavy atom. The Balaban J connectivity index is 1.76. The number of nitrogens with zero attached hydrogens (tertiary/aromatic N) is 1. The van der Waals surface area contributed by atoms with Crippen LogP contribution in [0.5, 0.6) is 0 Å². The lowest BCUT2D eigenvalue weighted by Gasteiger charge is -2.41. The normalized spacial score (nSPS) is 31.6. The summed E-state index contributed by atoms with van der Waals surface area (Å²) >= 11 is 0. The van der Waals surface area contributed by atoms with Gasteiger partial charge in [0.25, 0.3) is 0 Å². The molecule has 112 valence electrons. The maximum Gasteiger partial charge on any atom is 0.00696 e. The molecular formula is C18H35N. The van der Waals surface area contributed by atoms with E-state index in [1.807, 2.05) is 0 Å². The standard InChI is InChI=1S/C18H35N/c1-15-12-17(13-18(2,3)4)10-11-19(15)14-16-8-6-5-7-9-16/h15-17H,5-14H2,1-4H3. The summed E-state index contributed by atoms with van der Waals surface area (Å²) in [5.74, 6) is 1.98. The van der Waals surface area contributed by atoms with Gasteiger partial charge in [0.2, 0.25) is 0 Å². The molecule has 1 heteroatoms. The van der Waals surface area contributed by atoms with Gasteiger partial charge in [-0.2, -0.15) is 0 Å². The maximum absolute atomic E-state index is 2.80. The highest BCUT2D eigenvalue weighted by molar-refractivity contribution is 4.83. The van der Waals surface area contributed by atoms with E-state index in [9.17, 15) is 0 Å². The first-order valence-corrected chi connectivity index (χ1v) is 8.68. The van der Waals surface area contributed by atoms with Gasteiger partial charge in [-0.05, 0) is 62.8 Å². The number of piperidine rings is 1. The van der Waals surface area contributed by atoms with Crippen molar-refractivity contribution in [2.45, 2.75) is 85.1 Å². The summed E-state index contributed by atoms with van der Waals surface area (Å²) in [6.07, 6.45) is 11.7. The van der Waals surface area contributed by atoms with Crippen LogP contribution >= 0.6 is 0 Å². The van der Waals surface area contributed by atoms with Gasteiger partial charge >= 0.3 is 0 Å². The highest BCUT2D eigenvalue weighted by Gasteiger charge is 2.29. The average Bonchev–Trinajstić information content (AvgIpc) is 2.32. The van der Waals surface area contributed by atoms with Crippen LogP contribution in [0.15, 0.2) is 0 Å². The molecule has 0 spiro atoms. The molecule has 2 unspecified atom stereocenters. The van der Waals surface area contributed by atoms with Crippen molar-refractivity contribution >= 4 is 0 Å². The summed E-state index contributed by atoms with van der Waals surface area (Å²) in [4.78, 5) is 2.80. The third-order valence-corrected chi connectivity index (χ3v) is 5.24. The SMILES string of the molecule is CC1CC(CC(C)(C)C)CCN1CC1CCCCC1. The van der Waals surface area contributed by atoms with Gasteiger partial charge in [0, 0.05) is 12.6 Å². The molecule has 2 atom stereocenters. The molecule has 1 nitrogen and oxygen atoms in total. The van der Waals surface area contributed by atoms with Crippen LogP contribution in [0, 0.1) is 17.3 Å². The minimum atomic E-state index is 0.510. The summed E-state index contributed by atoms with van der Waals surface area (Å²) in [6.45, 7) is 12.4. The van der Waals surface area contributed by atoms with Crippen molar-refractivity contribution in [1.29, 1.82) is 0 Å². The van der Waals surface area contributed by atoms with E-state index in [1.165, 1.54) is 64.5 Å². The molecular weight excluding hydrogens is 230 g/mol. The maximum atomic E-state index is 2.80. The van der Waals surface area contributed by atoms with Crippen molar-refractivity contribution in [3.05, 3.63) is 0 Å². The fourth-order valence-corrected chi connectivity index (χ4v) is 4.34. The molecule has 1 saturated heterocycles. The molecule has 0 aromatic rings. The zero-order valence-electron chi connectivity index (χ0n) is 13.8. The second-order valence-electron chi connectivity index (χ2n) is 8.50. The molecule has 1 aliphatic heterocycles. The van der Waals surface area contributed by atoms with E-state index in [0.717, 1.165) is 17.9 Å². The van der Waals surface area contributed by atoms with Crippen molar-refractivity contribution < 1.29 is 0 Å². The van der Waals surface area contributed by atoms with Crippen LogP contribution in [0.4, 0.5) is 0 Å². The molecule has 2 fully saturated rings. The quantitative estimate of drug-likeness (QED) is 0.686. The third kappa shape index (κ3) is 5.10. The van der Waals surface area contributed by atoms with Crippen LogP contribution in [0.3, 0.4) is 0 Å². The van der Waals surface area contributed by atoms with Gasteiger partial charge in [-0.3, -0.25) is 0 Å². The Morgan fingerprint density at radius 2 is 1.63 bits per heavy atom. The lowest BCUT2D eigenvalue weighted by molar-refractivity contribution is 0.0802. The van der Waals surface area contributed by atoms with Crippen LogP contribution in [0.1, 0.15) is 79.1 Å². The predicted octanol–water partition coefficient (Wildman–Crippen LogP) is 5.10. The van der Waals surface area contributed by atoms with Gasteiger partial charge in [-0.15, -0.1) is 0 Å². The first-order chi connectivity index (χ1) is 8.94. The van der Waals surface area contributed by atoms with E-state index >= 15 is 0 Å². The molecule has 2 rings (SSSR count). The monoisotopic (exact) mass is 265 g/mol. The molecule has 0 aromatic heterocycles. The van der Waals surface area contributed by atoms with Crippen LogP contribution in [0.2, 0.25) is 0 Å². The van der Waals surface area contributed by atoms with Crippen molar-refractivity contribution in [3.63, 3.8) is 0 Å². The molecule has 0 N–H and O–H groups in total. The zero-order valence-corrected chi connectivity index (χ0v) is 13.8. The van der Waals surface area contributed by atoms with Crippen molar-refractivity contribution in [2.75, 3.05) is 13.1 Å². The molecule has 1 heterocycles. The second kappa shape index (κ2) is 6.61. The second-order valence-corrected chi connectivity index (χ2v) is 8.50. The summed E-state index contributed by atoms with van der Waals surface area (Å²) < 4.78 is 0. The number of hydrogen-bond acceptors (Lipinski definition) is 1. The molecule has 0 bridgehead atoms. The lowest BCUT2D eigenvalue weighted by Crippen LogP contribution is -2.44. The average molecular weight is 265 g/mol. The van der Waals surface area contributed by atoms with E-state index in [0.29, 0.717) is 5.41 Å². The summed E-state index contributed by atoms with van der Waals surface area (Å²) in [5.41, 5.74) is 0.510. The van der Waals surface area contributed by atoms with Gasteiger partial charge in [-0.1, -0.05) is 40.0 Å². The van der Waals surface area contributed by atoms with Crippen LogP contribution in [0.25, 0.3) is 0 Å². The molecule has 0 radical (unpaired) electrons. The largest absolute Gasteiger partial charge is 0.300 e. The summed E-state index contributed by atoms with van der Waals surface area (Å²) in [5, 5.41) is 0. The highest BCUT2D eigenvalue weighted by atomic mass is 15.2.